The van der Waals surface area contributed by atoms with Gasteiger partial charge >= 0.3 is 5.97 Å². The topological polar surface area (TPSA) is 75.6 Å². The van der Waals surface area contributed by atoms with Gasteiger partial charge in [-0.05, 0) is 17.7 Å². The van der Waals surface area contributed by atoms with Crippen LogP contribution in [-0.4, -0.2) is 36.7 Å². The summed E-state index contributed by atoms with van der Waals surface area (Å²) in [6, 6.07) is 6.39. The van der Waals surface area contributed by atoms with E-state index in [9.17, 15) is 9.59 Å². The van der Waals surface area contributed by atoms with Crippen LogP contribution in [0.15, 0.2) is 28.7 Å². The Morgan fingerprint density at radius 2 is 2.00 bits per heavy atom. The molecular formula is C13H16BrNO4. The van der Waals surface area contributed by atoms with Gasteiger partial charge in [0.05, 0.1) is 6.42 Å². The average Bonchev–Trinajstić information content (AvgIpc) is 2.37. The van der Waals surface area contributed by atoms with Crippen LogP contribution in [0.2, 0.25) is 0 Å². The molecule has 0 aliphatic carbocycles. The number of rotatable bonds is 7. The highest BCUT2D eigenvalue weighted by atomic mass is 79.9. The van der Waals surface area contributed by atoms with Gasteiger partial charge in [0, 0.05) is 24.6 Å². The Bertz CT molecular complexity index is 433. The van der Waals surface area contributed by atoms with Crippen molar-refractivity contribution in [2.75, 3.05) is 13.7 Å². The summed E-state index contributed by atoms with van der Waals surface area (Å²) in [6.45, 7) is 0.287. The Morgan fingerprint density at radius 1 is 1.37 bits per heavy atom. The van der Waals surface area contributed by atoms with Crippen molar-refractivity contribution < 1.29 is 19.4 Å². The summed E-state index contributed by atoms with van der Waals surface area (Å²) in [4.78, 5) is 22.7. The van der Waals surface area contributed by atoms with Crippen LogP contribution >= 0.6 is 15.9 Å². The zero-order valence-corrected chi connectivity index (χ0v) is 12.1. The highest BCUT2D eigenvalue weighted by Gasteiger charge is 2.19. The van der Waals surface area contributed by atoms with E-state index in [0.717, 1.165) is 10.0 Å². The molecule has 0 spiro atoms. The molecule has 0 saturated heterocycles. The zero-order chi connectivity index (χ0) is 14.3. The van der Waals surface area contributed by atoms with Gasteiger partial charge < -0.3 is 15.2 Å². The monoisotopic (exact) mass is 329 g/mol. The van der Waals surface area contributed by atoms with Gasteiger partial charge in [0.15, 0.2) is 0 Å². The minimum atomic E-state index is -1.05. The first-order valence-electron chi connectivity index (χ1n) is 5.78. The highest BCUT2D eigenvalue weighted by molar-refractivity contribution is 9.10. The zero-order valence-electron chi connectivity index (χ0n) is 10.6. The van der Waals surface area contributed by atoms with E-state index in [2.05, 4.69) is 21.2 Å². The van der Waals surface area contributed by atoms with E-state index in [1.54, 1.807) is 0 Å². The predicted octanol–water partition coefficient (Wildman–Crippen LogP) is 1.60. The van der Waals surface area contributed by atoms with E-state index in [-0.39, 0.29) is 25.4 Å². The van der Waals surface area contributed by atoms with Crippen LogP contribution in [-0.2, 0) is 20.7 Å². The van der Waals surface area contributed by atoms with Gasteiger partial charge in [0.1, 0.15) is 6.04 Å². The van der Waals surface area contributed by atoms with Crippen molar-refractivity contribution in [3.63, 3.8) is 0 Å². The lowest BCUT2D eigenvalue weighted by Crippen LogP contribution is -2.42. The first-order chi connectivity index (χ1) is 9.02. The van der Waals surface area contributed by atoms with Crippen molar-refractivity contribution in [3.05, 3.63) is 34.3 Å². The molecule has 104 valence electrons. The van der Waals surface area contributed by atoms with Gasteiger partial charge in [0.2, 0.25) is 5.91 Å². The van der Waals surface area contributed by atoms with E-state index in [1.807, 2.05) is 24.3 Å². The number of halogens is 1. The van der Waals surface area contributed by atoms with Crippen molar-refractivity contribution in [1.29, 1.82) is 0 Å². The second kappa shape index (κ2) is 7.91. The molecule has 1 aromatic carbocycles. The molecule has 19 heavy (non-hydrogen) atoms. The standard InChI is InChI=1S/C13H16BrNO4/c1-19-7-6-11(13(17)18)15-12(16)8-9-2-4-10(14)5-3-9/h2-5,11H,6-8H2,1H3,(H,15,16)(H,17,18). The Labute approximate surface area is 120 Å². The molecule has 0 bridgehead atoms. The minimum absolute atomic E-state index is 0.157. The van der Waals surface area contributed by atoms with Crippen molar-refractivity contribution >= 4 is 27.8 Å². The van der Waals surface area contributed by atoms with Crippen LogP contribution in [0.1, 0.15) is 12.0 Å². The van der Waals surface area contributed by atoms with Crippen LogP contribution < -0.4 is 5.32 Å². The van der Waals surface area contributed by atoms with Crippen molar-refractivity contribution in [1.82, 2.24) is 5.32 Å². The Hall–Kier alpha value is -1.40. The number of carboxylic acid groups (broad SMARTS) is 1. The molecule has 1 atom stereocenters. The lowest BCUT2D eigenvalue weighted by Gasteiger charge is -2.14. The van der Waals surface area contributed by atoms with Gasteiger partial charge in [-0.15, -0.1) is 0 Å². The summed E-state index contributed by atoms with van der Waals surface area (Å²) in [6.07, 6.45) is 0.405. The summed E-state index contributed by atoms with van der Waals surface area (Å²) < 4.78 is 5.75. The van der Waals surface area contributed by atoms with Crippen LogP contribution in [0.4, 0.5) is 0 Å². The third-order valence-electron chi connectivity index (χ3n) is 2.52. The molecule has 5 nitrogen and oxygen atoms in total. The maximum atomic E-state index is 11.7. The van der Waals surface area contributed by atoms with E-state index < -0.39 is 12.0 Å². The molecule has 0 fully saturated rings. The molecule has 1 aromatic rings. The summed E-state index contributed by atoms with van der Waals surface area (Å²) in [7, 11) is 1.49. The second-order valence-electron chi connectivity index (χ2n) is 4.04. The number of methoxy groups -OCH3 is 1. The summed E-state index contributed by atoms with van der Waals surface area (Å²) >= 11 is 3.31. The number of nitrogens with one attached hydrogen (secondary N) is 1. The number of benzene rings is 1. The number of amides is 1. The van der Waals surface area contributed by atoms with Crippen LogP contribution in [0, 0.1) is 0 Å². The molecule has 1 rings (SSSR count). The third-order valence-corrected chi connectivity index (χ3v) is 3.05. The second-order valence-corrected chi connectivity index (χ2v) is 4.96. The number of hydrogen-bond acceptors (Lipinski definition) is 3. The van der Waals surface area contributed by atoms with Crippen molar-refractivity contribution in [2.24, 2.45) is 0 Å². The molecule has 2 N–H and O–H groups in total. The normalized spacial score (nSPS) is 11.9. The lowest BCUT2D eigenvalue weighted by molar-refractivity contribution is -0.142. The summed E-state index contributed by atoms with van der Waals surface area (Å²) in [5.41, 5.74) is 0.830. The Kier molecular flexibility index (Phi) is 6.52. The van der Waals surface area contributed by atoms with E-state index in [0.29, 0.717) is 0 Å². The number of hydrogen-bond donors (Lipinski definition) is 2. The van der Waals surface area contributed by atoms with Gasteiger partial charge in [-0.25, -0.2) is 4.79 Å². The van der Waals surface area contributed by atoms with Crippen LogP contribution in [0.25, 0.3) is 0 Å². The van der Waals surface area contributed by atoms with E-state index >= 15 is 0 Å². The molecule has 0 radical (unpaired) electrons. The van der Waals surface area contributed by atoms with Gasteiger partial charge in [0.25, 0.3) is 0 Å². The number of ether oxygens (including phenoxy) is 1. The highest BCUT2D eigenvalue weighted by Crippen LogP contribution is 2.11. The maximum Gasteiger partial charge on any atom is 0.326 e. The quantitative estimate of drug-likeness (QED) is 0.796. The number of carboxylic acids is 1. The van der Waals surface area contributed by atoms with Gasteiger partial charge in [-0.3, -0.25) is 4.79 Å². The van der Waals surface area contributed by atoms with E-state index in [1.165, 1.54) is 7.11 Å². The number of carbonyl (C=O) groups excluding carboxylic acids is 1. The summed E-state index contributed by atoms with van der Waals surface area (Å²) in [5, 5.41) is 11.5. The SMILES string of the molecule is COCCC(NC(=O)Cc1ccc(Br)cc1)C(=O)O. The lowest BCUT2D eigenvalue weighted by atomic mass is 10.1. The molecule has 1 unspecified atom stereocenters. The fraction of sp³-hybridized carbons (Fsp3) is 0.385. The molecule has 1 amide bonds. The molecule has 0 aromatic heterocycles. The number of carbonyl (C=O) groups is 2. The number of aliphatic carboxylic acids is 1. The fourth-order valence-corrected chi connectivity index (χ4v) is 1.79. The van der Waals surface area contributed by atoms with Gasteiger partial charge in [-0.1, -0.05) is 28.1 Å². The fourth-order valence-electron chi connectivity index (χ4n) is 1.53. The average molecular weight is 330 g/mol. The first kappa shape index (κ1) is 15.7. The molecular weight excluding hydrogens is 314 g/mol. The van der Waals surface area contributed by atoms with E-state index in [4.69, 9.17) is 9.84 Å². The molecule has 0 saturated carbocycles. The first-order valence-corrected chi connectivity index (χ1v) is 6.57. The Balaban J connectivity index is 2.52. The van der Waals surface area contributed by atoms with Crippen LogP contribution in [0.3, 0.4) is 0 Å². The Morgan fingerprint density at radius 3 is 2.53 bits per heavy atom. The van der Waals surface area contributed by atoms with Crippen molar-refractivity contribution in [3.8, 4) is 0 Å². The minimum Gasteiger partial charge on any atom is -0.480 e. The predicted molar refractivity (Wildman–Crippen MR) is 73.9 cm³/mol. The summed E-state index contributed by atoms with van der Waals surface area (Å²) in [5.74, 6) is -1.37. The van der Waals surface area contributed by atoms with Gasteiger partial charge in [-0.2, -0.15) is 0 Å². The molecule has 0 aliphatic heterocycles. The molecule has 0 heterocycles. The van der Waals surface area contributed by atoms with Crippen LogP contribution in [0.5, 0.6) is 0 Å². The molecule has 6 heteroatoms. The molecule has 0 aliphatic rings. The smallest absolute Gasteiger partial charge is 0.326 e. The largest absolute Gasteiger partial charge is 0.480 e. The van der Waals surface area contributed by atoms with Crippen molar-refractivity contribution in [2.45, 2.75) is 18.9 Å². The maximum absolute atomic E-state index is 11.7. The third kappa shape index (κ3) is 5.85.